The third-order valence-corrected chi connectivity index (χ3v) is 5.32. The number of carbonyl (C=O) groups excluding carboxylic acids is 1. The Hall–Kier alpha value is -2.44. The van der Waals surface area contributed by atoms with Crippen LogP contribution in [0.3, 0.4) is 0 Å². The van der Waals surface area contributed by atoms with E-state index in [-0.39, 0.29) is 12.5 Å². The molecule has 1 aliphatic rings. The molecule has 0 radical (unpaired) electrons. The molecule has 1 saturated heterocycles. The number of hydrogen-bond acceptors (Lipinski definition) is 5. The summed E-state index contributed by atoms with van der Waals surface area (Å²) in [7, 11) is 0. The number of aromatic nitrogens is 1. The van der Waals surface area contributed by atoms with Crippen molar-refractivity contribution in [3.05, 3.63) is 59.4 Å². The summed E-state index contributed by atoms with van der Waals surface area (Å²) in [5, 5.41) is 0. The monoisotopic (exact) mass is 397 g/mol. The SMILES string of the molecule is Cc1ccc(OCC(=O)N(CCCN2CCOCC2)Cc2ccncc2)cc1C. The second kappa shape index (κ2) is 10.9. The molecule has 6 nitrogen and oxygen atoms in total. The third kappa shape index (κ3) is 6.84. The highest BCUT2D eigenvalue weighted by Gasteiger charge is 2.16. The van der Waals surface area contributed by atoms with Gasteiger partial charge in [-0.2, -0.15) is 0 Å². The van der Waals surface area contributed by atoms with Crippen molar-refractivity contribution in [2.75, 3.05) is 46.0 Å². The van der Waals surface area contributed by atoms with Gasteiger partial charge in [-0.25, -0.2) is 0 Å². The lowest BCUT2D eigenvalue weighted by molar-refractivity contribution is -0.134. The molecule has 0 unspecified atom stereocenters. The molecule has 0 atom stereocenters. The molecule has 2 heterocycles. The lowest BCUT2D eigenvalue weighted by Crippen LogP contribution is -2.40. The fourth-order valence-corrected chi connectivity index (χ4v) is 3.35. The average Bonchev–Trinajstić information content (AvgIpc) is 2.75. The van der Waals surface area contributed by atoms with Gasteiger partial charge in [0.25, 0.3) is 5.91 Å². The van der Waals surface area contributed by atoms with Gasteiger partial charge in [-0.3, -0.25) is 14.7 Å². The fraction of sp³-hybridized carbons (Fsp3) is 0.478. The molecule has 1 fully saturated rings. The summed E-state index contributed by atoms with van der Waals surface area (Å²) in [5.41, 5.74) is 3.45. The second-order valence-electron chi connectivity index (χ2n) is 7.51. The highest BCUT2D eigenvalue weighted by molar-refractivity contribution is 5.77. The van der Waals surface area contributed by atoms with Crippen LogP contribution in [0.2, 0.25) is 0 Å². The largest absolute Gasteiger partial charge is 0.484 e. The molecule has 1 aromatic heterocycles. The molecule has 0 N–H and O–H groups in total. The normalized spacial score (nSPS) is 14.6. The maximum atomic E-state index is 12.9. The molecule has 1 aromatic carbocycles. The minimum Gasteiger partial charge on any atom is -0.484 e. The maximum absolute atomic E-state index is 12.9. The summed E-state index contributed by atoms with van der Waals surface area (Å²) in [6.45, 7) is 9.93. The molecular weight excluding hydrogens is 366 g/mol. The van der Waals surface area contributed by atoms with E-state index in [9.17, 15) is 4.79 Å². The van der Waals surface area contributed by atoms with Gasteiger partial charge in [0.2, 0.25) is 0 Å². The Morgan fingerprint density at radius 2 is 1.90 bits per heavy atom. The minimum absolute atomic E-state index is 0.00187. The Balaban J connectivity index is 1.56. The topological polar surface area (TPSA) is 54.9 Å². The van der Waals surface area contributed by atoms with Gasteiger partial charge in [0.15, 0.2) is 6.61 Å². The van der Waals surface area contributed by atoms with E-state index < -0.39 is 0 Å². The summed E-state index contributed by atoms with van der Waals surface area (Å²) >= 11 is 0. The minimum atomic E-state index is 0.00187. The van der Waals surface area contributed by atoms with Gasteiger partial charge in [-0.05, 0) is 61.2 Å². The van der Waals surface area contributed by atoms with Crippen LogP contribution in [0.1, 0.15) is 23.1 Å². The summed E-state index contributed by atoms with van der Waals surface area (Å²) in [6, 6.07) is 9.82. The lowest BCUT2D eigenvalue weighted by atomic mass is 10.1. The zero-order valence-electron chi connectivity index (χ0n) is 17.5. The molecule has 156 valence electrons. The van der Waals surface area contributed by atoms with Gasteiger partial charge < -0.3 is 14.4 Å². The van der Waals surface area contributed by atoms with E-state index in [0.29, 0.717) is 13.1 Å². The smallest absolute Gasteiger partial charge is 0.260 e. The second-order valence-corrected chi connectivity index (χ2v) is 7.51. The van der Waals surface area contributed by atoms with E-state index in [1.165, 1.54) is 5.56 Å². The molecule has 1 aliphatic heterocycles. The van der Waals surface area contributed by atoms with Crippen LogP contribution >= 0.6 is 0 Å². The van der Waals surface area contributed by atoms with Crippen LogP contribution in [0, 0.1) is 13.8 Å². The fourth-order valence-electron chi connectivity index (χ4n) is 3.35. The van der Waals surface area contributed by atoms with Crippen molar-refractivity contribution in [2.45, 2.75) is 26.8 Å². The molecule has 3 rings (SSSR count). The summed E-state index contributed by atoms with van der Waals surface area (Å²) in [5.74, 6) is 0.737. The Labute approximate surface area is 173 Å². The molecule has 0 spiro atoms. The van der Waals surface area contributed by atoms with Crippen LogP contribution in [-0.2, 0) is 16.1 Å². The quantitative estimate of drug-likeness (QED) is 0.651. The molecule has 1 amide bonds. The van der Waals surface area contributed by atoms with Crippen molar-refractivity contribution in [2.24, 2.45) is 0 Å². The van der Waals surface area contributed by atoms with E-state index in [2.05, 4.69) is 16.8 Å². The van der Waals surface area contributed by atoms with Crippen LogP contribution in [0.5, 0.6) is 5.75 Å². The highest BCUT2D eigenvalue weighted by atomic mass is 16.5. The number of hydrogen-bond donors (Lipinski definition) is 0. The molecule has 0 saturated carbocycles. The van der Waals surface area contributed by atoms with E-state index in [4.69, 9.17) is 9.47 Å². The van der Waals surface area contributed by atoms with Crippen molar-refractivity contribution >= 4 is 5.91 Å². The van der Waals surface area contributed by atoms with Crippen molar-refractivity contribution < 1.29 is 14.3 Å². The van der Waals surface area contributed by atoms with Gasteiger partial charge in [-0.15, -0.1) is 0 Å². The summed E-state index contributed by atoms with van der Waals surface area (Å²) in [4.78, 5) is 21.3. The molecular formula is C23H31N3O3. The first kappa shape index (κ1) is 21.3. The number of ether oxygens (including phenoxy) is 2. The Kier molecular flexibility index (Phi) is 8.02. The number of pyridine rings is 1. The van der Waals surface area contributed by atoms with Crippen LogP contribution in [0.4, 0.5) is 0 Å². The van der Waals surface area contributed by atoms with Crippen molar-refractivity contribution in [1.82, 2.24) is 14.8 Å². The van der Waals surface area contributed by atoms with Gasteiger partial charge in [0.05, 0.1) is 13.2 Å². The standard InChI is InChI=1S/C23H31N3O3/c1-19-4-5-22(16-20(19)2)29-18-23(27)26(17-21-6-8-24-9-7-21)11-3-10-25-12-14-28-15-13-25/h4-9,16H,3,10-15,17-18H2,1-2H3. The van der Waals surface area contributed by atoms with Gasteiger partial charge in [-0.1, -0.05) is 6.07 Å². The predicted molar refractivity (Wildman–Crippen MR) is 113 cm³/mol. The van der Waals surface area contributed by atoms with Crippen LogP contribution < -0.4 is 4.74 Å². The molecule has 0 bridgehead atoms. The average molecular weight is 398 g/mol. The molecule has 6 heteroatoms. The Bertz CT molecular complexity index is 776. The van der Waals surface area contributed by atoms with Gasteiger partial charge >= 0.3 is 0 Å². The number of rotatable bonds is 9. The number of morpholine rings is 1. The predicted octanol–water partition coefficient (Wildman–Crippen LogP) is 2.83. The molecule has 29 heavy (non-hydrogen) atoms. The van der Waals surface area contributed by atoms with E-state index >= 15 is 0 Å². The zero-order valence-corrected chi connectivity index (χ0v) is 17.5. The number of benzene rings is 1. The first-order valence-corrected chi connectivity index (χ1v) is 10.3. The summed E-state index contributed by atoms with van der Waals surface area (Å²) < 4.78 is 11.2. The number of carbonyl (C=O) groups is 1. The maximum Gasteiger partial charge on any atom is 0.260 e. The van der Waals surface area contributed by atoms with E-state index in [1.54, 1.807) is 12.4 Å². The number of aryl methyl sites for hydroxylation is 2. The first-order chi connectivity index (χ1) is 14.1. The first-order valence-electron chi connectivity index (χ1n) is 10.3. The third-order valence-electron chi connectivity index (χ3n) is 5.32. The molecule has 0 aliphatic carbocycles. The van der Waals surface area contributed by atoms with E-state index in [1.807, 2.05) is 42.2 Å². The Morgan fingerprint density at radius 3 is 2.62 bits per heavy atom. The van der Waals surface area contributed by atoms with Crippen molar-refractivity contribution in [3.8, 4) is 5.75 Å². The van der Waals surface area contributed by atoms with Crippen LogP contribution in [0.25, 0.3) is 0 Å². The molecule has 2 aromatic rings. The van der Waals surface area contributed by atoms with E-state index in [0.717, 1.165) is 56.1 Å². The number of nitrogens with zero attached hydrogens (tertiary/aromatic N) is 3. The summed E-state index contributed by atoms with van der Waals surface area (Å²) in [6.07, 6.45) is 4.45. The number of amides is 1. The van der Waals surface area contributed by atoms with Crippen LogP contribution in [0.15, 0.2) is 42.7 Å². The zero-order chi connectivity index (χ0) is 20.5. The van der Waals surface area contributed by atoms with Gasteiger partial charge in [0.1, 0.15) is 5.75 Å². The van der Waals surface area contributed by atoms with Crippen molar-refractivity contribution in [1.29, 1.82) is 0 Å². The highest BCUT2D eigenvalue weighted by Crippen LogP contribution is 2.16. The Morgan fingerprint density at radius 1 is 1.14 bits per heavy atom. The van der Waals surface area contributed by atoms with Gasteiger partial charge in [0, 0.05) is 45.1 Å². The van der Waals surface area contributed by atoms with Crippen LogP contribution in [-0.4, -0.2) is 66.7 Å². The van der Waals surface area contributed by atoms with Crippen molar-refractivity contribution in [3.63, 3.8) is 0 Å². The lowest BCUT2D eigenvalue weighted by Gasteiger charge is -2.28.